The van der Waals surface area contributed by atoms with Crippen molar-refractivity contribution in [2.24, 2.45) is 0 Å². The summed E-state index contributed by atoms with van der Waals surface area (Å²) in [6.45, 7) is 0. The molecule has 1 aromatic heterocycles. The number of aromatic nitrogens is 1. The number of hydrogen-bond donors (Lipinski definition) is 0. The molecule has 74 valence electrons. The summed E-state index contributed by atoms with van der Waals surface area (Å²) < 4.78 is 25.2. The summed E-state index contributed by atoms with van der Waals surface area (Å²) in [6, 6.07) is 1.62. The van der Waals surface area contributed by atoms with E-state index >= 15 is 0 Å². The lowest BCUT2D eigenvalue weighted by molar-refractivity contribution is 0.150. The van der Waals surface area contributed by atoms with Crippen LogP contribution in [0.4, 0.5) is 8.78 Å². The molecule has 2 nitrogen and oxygen atoms in total. The molecule has 0 amide bonds. The molecule has 0 unspecified atom stereocenters. The van der Waals surface area contributed by atoms with E-state index in [-0.39, 0.29) is 27.2 Å². The second kappa shape index (κ2) is 4.67. The lowest BCUT2D eigenvalue weighted by Crippen LogP contribution is -1.99. The molecule has 1 rings (SSSR count). The SMILES string of the molecule is N#Cc1c(Cl)ncc(CBr)c1C(F)F. The molecule has 1 aromatic rings. The van der Waals surface area contributed by atoms with E-state index in [9.17, 15) is 8.78 Å². The number of nitrogens with zero attached hydrogens (tertiary/aromatic N) is 2. The quantitative estimate of drug-likeness (QED) is 0.615. The Kier molecular flexibility index (Phi) is 3.78. The van der Waals surface area contributed by atoms with E-state index in [4.69, 9.17) is 16.9 Å². The summed E-state index contributed by atoms with van der Waals surface area (Å²) in [5.41, 5.74) is -0.316. The zero-order valence-electron chi connectivity index (χ0n) is 6.77. The standard InChI is InChI=1S/C8H4BrClF2N2/c9-1-4-3-14-7(10)5(2-13)6(4)8(11)12/h3,8H,1H2. The maximum atomic E-state index is 12.6. The maximum Gasteiger partial charge on any atom is 0.265 e. The number of hydrogen-bond acceptors (Lipinski definition) is 2. The smallest absolute Gasteiger partial charge is 0.243 e. The van der Waals surface area contributed by atoms with Crippen molar-refractivity contribution in [3.63, 3.8) is 0 Å². The predicted octanol–water partition coefficient (Wildman–Crippen LogP) is 3.44. The Morgan fingerprint density at radius 1 is 1.64 bits per heavy atom. The average molecular weight is 281 g/mol. The van der Waals surface area contributed by atoms with Gasteiger partial charge in [-0.25, -0.2) is 13.8 Å². The van der Waals surface area contributed by atoms with Crippen molar-refractivity contribution in [2.75, 3.05) is 0 Å². The first-order valence-electron chi connectivity index (χ1n) is 3.53. The Morgan fingerprint density at radius 2 is 2.29 bits per heavy atom. The maximum absolute atomic E-state index is 12.6. The van der Waals surface area contributed by atoms with Crippen molar-refractivity contribution in [1.82, 2.24) is 4.98 Å². The molecule has 0 N–H and O–H groups in total. The van der Waals surface area contributed by atoms with Crippen molar-refractivity contribution in [2.45, 2.75) is 11.8 Å². The highest BCUT2D eigenvalue weighted by Gasteiger charge is 2.20. The summed E-state index contributed by atoms with van der Waals surface area (Å²) in [5.74, 6) is 0. The van der Waals surface area contributed by atoms with Gasteiger partial charge in [-0.3, -0.25) is 0 Å². The third-order valence-electron chi connectivity index (χ3n) is 1.63. The van der Waals surface area contributed by atoms with Gasteiger partial charge >= 0.3 is 0 Å². The van der Waals surface area contributed by atoms with Crippen molar-refractivity contribution >= 4 is 27.5 Å². The molecule has 0 aromatic carbocycles. The van der Waals surface area contributed by atoms with Crippen molar-refractivity contribution in [3.8, 4) is 6.07 Å². The molecule has 6 heteroatoms. The van der Waals surface area contributed by atoms with E-state index in [1.165, 1.54) is 6.20 Å². The topological polar surface area (TPSA) is 36.7 Å². The largest absolute Gasteiger partial charge is 0.265 e. The minimum absolute atomic E-state index is 0.187. The van der Waals surface area contributed by atoms with E-state index in [2.05, 4.69) is 20.9 Å². The van der Waals surface area contributed by atoms with Gasteiger partial charge in [0.1, 0.15) is 11.2 Å². The van der Waals surface area contributed by atoms with Gasteiger partial charge < -0.3 is 0 Å². The van der Waals surface area contributed by atoms with Crippen molar-refractivity contribution in [3.05, 3.63) is 28.0 Å². The van der Waals surface area contributed by atoms with Gasteiger partial charge in [0.05, 0.1) is 5.56 Å². The lowest BCUT2D eigenvalue weighted by Gasteiger charge is -2.08. The zero-order valence-corrected chi connectivity index (χ0v) is 9.11. The van der Waals surface area contributed by atoms with Gasteiger partial charge in [-0.2, -0.15) is 5.26 Å². The van der Waals surface area contributed by atoms with E-state index in [0.717, 1.165) is 0 Å². The molecule has 0 saturated heterocycles. The van der Waals surface area contributed by atoms with Gasteiger partial charge in [-0.15, -0.1) is 0 Å². The first kappa shape index (κ1) is 11.3. The summed E-state index contributed by atoms with van der Waals surface area (Å²) in [4.78, 5) is 3.64. The number of pyridine rings is 1. The highest BCUT2D eigenvalue weighted by Crippen LogP contribution is 2.30. The van der Waals surface area contributed by atoms with Gasteiger partial charge in [0.15, 0.2) is 0 Å². The van der Waals surface area contributed by atoms with Gasteiger partial charge in [0.25, 0.3) is 6.43 Å². The molecule has 14 heavy (non-hydrogen) atoms. The van der Waals surface area contributed by atoms with Crippen LogP contribution in [0.25, 0.3) is 0 Å². The molecule has 0 spiro atoms. The number of rotatable bonds is 2. The van der Waals surface area contributed by atoms with Crippen LogP contribution in [0.2, 0.25) is 5.15 Å². The molecule has 0 atom stereocenters. The van der Waals surface area contributed by atoms with Crippen LogP contribution in [0.5, 0.6) is 0 Å². The second-order valence-electron chi connectivity index (χ2n) is 2.41. The van der Waals surface area contributed by atoms with Crippen LogP contribution < -0.4 is 0 Å². The van der Waals surface area contributed by atoms with Crippen LogP contribution in [0.3, 0.4) is 0 Å². The van der Waals surface area contributed by atoms with Crippen molar-refractivity contribution < 1.29 is 8.78 Å². The molecule has 1 heterocycles. The van der Waals surface area contributed by atoms with E-state index < -0.39 is 6.43 Å². The first-order valence-corrected chi connectivity index (χ1v) is 5.03. The molecular weight excluding hydrogens is 277 g/mol. The summed E-state index contributed by atoms with van der Waals surface area (Å²) >= 11 is 8.56. The third kappa shape index (κ3) is 2.02. The minimum atomic E-state index is -2.72. The van der Waals surface area contributed by atoms with Gasteiger partial charge in [-0.1, -0.05) is 27.5 Å². The van der Waals surface area contributed by atoms with Gasteiger partial charge in [0, 0.05) is 17.1 Å². The van der Waals surface area contributed by atoms with Crippen LogP contribution in [-0.4, -0.2) is 4.98 Å². The molecule has 0 aliphatic rings. The minimum Gasteiger partial charge on any atom is -0.243 e. The van der Waals surface area contributed by atoms with Crippen LogP contribution >= 0.6 is 27.5 Å². The number of halogens is 4. The fourth-order valence-corrected chi connectivity index (χ4v) is 1.64. The predicted molar refractivity (Wildman–Crippen MR) is 51.6 cm³/mol. The normalized spacial score (nSPS) is 10.3. The van der Waals surface area contributed by atoms with Crippen LogP contribution in [-0.2, 0) is 5.33 Å². The van der Waals surface area contributed by atoms with E-state index in [1.807, 2.05) is 0 Å². The Labute approximate surface area is 92.6 Å². The Hall–Kier alpha value is -0.730. The highest BCUT2D eigenvalue weighted by atomic mass is 79.9. The Morgan fingerprint density at radius 3 is 2.71 bits per heavy atom. The summed E-state index contributed by atoms with van der Waals surface area (Å²) in [6.07, 6.45) is -1.49. The highest BCUT2D eigenvalue weighted by molar-refractivity contribution is 9.08. The molecule has 0 radical (unpaired) electrons. The first-order chi connectivity index (χ1) is 6.61. The Balaban J connectivity index is 3.46. The molecular formula is C8H4BrClF2N2. The van der Waals surface area contributed by atoms with Gasteiger partial charge in [0.2, 0.25) is 0 Å². The van der Waals surface area contributed by atoms with Crippen molar-refractivity contribution in [1.29, 1.82) is 5.26 Å². The van der Waals surface area contributed by atoms with Gasteiger partial charge in [-0.05, 0) is 5.56 Å². The average Bonchev–Trinajstić information content (AvgIpc) is 2.17. The molecule has 0 bridgehead atoms. The van der Waals surface area contributed by atoms with Crippen LogP contribution in [0.15, 0.2) is 6.20 Å². The second-order valence-corrected chi connectivity index (χ2v) is 3.33. The van der Waals surface area contributed by atoms with E-state index in [1.54, 1.807) is 6.07 Å². The lowest BCUT2D eigenvalue weighted by atomic mass is 10.1. The fourth-order valence-electron chi connectivity index (χ4n) is 1.00. The monoisotopic (exact) mass is 280 g/mol. The zero-order chi connectivity index (χ0) is 10.7. The number of alkyl halides is 3. The molecule has 0 aliphatic heterocycles. The molecule has 0 fully saturated rings. The molecule has 0 saturated carbocycles. The van der Waals surface area contributed by atoms with Crippen LogP contribution in [0.1, 0.15) is 23.1 Å². The summed E-state index contributed by atoms with van der Waals surface area (Å²) in [5, 5.41) is 8.67. The van der Waals surface area contributed by atoms with E-state index in [0.29, 0.717) is 0 Å². The summed E-state index contributed by atoms with van der Waals surface area (Å²) in [7, 11) is 0. The Bertz CT molecular complexity index is 390. The molecule has 0 aliphatic carbocycles. The van der Waals surface area contributed by atoms with Crippen LogP contribution in [0, 0.1) is 11.3 Å². The fraction of sp³-hybridized carbons (Fsp3) is 0.250. The third-order valence-corrected chi connectivity index (χ3v) is 2.52. The number of nitriles is 1.